The van der Waals surface area contributed by atoms with Crippen LogP contribution in [0.5, 0.6) is 0 Å². The van der Waals surface area contributed by atoms with E-state index in [1.54, 1.807) is 36.4 Å². The minimum atomic E-state index is -0.483. The van der Waals surface area contributed by atoms with Crippen LogP contribution in [0.2, 0.25) is 0 Å². The summed E-state index contributed by atoms with van der Waals surface area (Å²) in [5.74, 6) is 0.213. The zero-order valence-electron chi connectivity index (χ0n) is 35.6. The van der Waals surface area contributed by atoms with Gasteiger partial charge in [0.2, 0.25) is 0 Å². The SMILES string of the molecule is CC1CC(=O)CC(=O)C1.COC(=O)c1ccc(N)c(C=O)c1.COC(=O)c1ccc2nc3c(cc2c1)C(=O)CC(C)C3.COC(=O)c1ccc2nc3c(cc2c1)C(=O)CC(C)C3. The van der Waals surface area contributed by atoms with Gasteiger partial charge in [-0.3, -0.25) is 33.9 Å². The molecule has 3 aromatic carbocycles. The number of fused-ring (bicyclic) bond motifs is 4. The predicted molar refractivity (Wildman–Crippen MR) is 230 cm³/mol. The van der Waals surface area contributed by atoms with Gasteiger partial charge in [-0.1, -0.05) is 20.8 Å². The van der Waals surface area contributed by atoms with Crippen molar-refractivity contribution in [1.82, 2.24) is 9.97 Å². The molecule has 5 aromatic rings. The fourth-order valence-corrected chi connectivity index (χ4v) is 7.51. The normalized spacial score (nSPS) is 16.8. The number of benzene rings is 3. The molecule has 1 saturated carbocycles. The first-order valence-corrected chi connectivity index (χ1v) is 20.1. The molecule has 0 aliphatic heterocycles. The van der Waals surface area contributed by atoms with Crippen molar-refractivity contribution in [2.45, 2.75) is 65.7 Å². The summed E-state index contributed by atoms with van der Waals surface area (Å²) in [6.45, 7) is 6.06. The fraction of sp³-hybridized carbons (Fsp3) is 0.333. The van der Waals surface area contributed by atoms with Crippen molar-refractivity contribution in [2.75, 3.05) is 27.1 Å². The number of nitrogen functional groups attached to an aromatic ring is 1. The standard InChI is InChI=1S/2C16H15NO3.C9H9NO3.C7H10O2/c2*1-9-5-14-12(15(18)6-9)8-11-7-10(16(19)20-2)3-4-13(11)17-14;1-13-9(12)6-2-3-8(10)7(4-6)5-11;1-5-2-6(8)4-7(9)3-5/h2*3-4,7-9H,5-6H2,1-2H3;2-5H,10H2,1H3;5H,2-4H2,1H3. The van der Waals surface area contributed by atoms with E-state index in [1.165, 1.54) is 39.5 Å². The number of nitrogens with two attached hydrogens (primary N) is 1. The van der Waals surface area contributed by atoms with Crippen LogP contribution in [0.3, 0.4) is 0 Å². The van der Waals surface area contributed by atoms with E-state index in [2.05, 4.69) is 28.6 Å². The molecule has 2 unspecified atom stereocenters. The molecule has 0 saturated heterocycles. The van der Waals surface area contributed by atoms with Crippen molar-refractivity contribution in [2.24, 2.45) is 17.8 Å². The smallest absolute Gasteiger partial charge is 0.337 e. The molecule has 8 rings (SSSR count). The molecule has 0 spiro atoms. The fourth-order valence-electron chi connectivity index (χ4n) is 7.51. The van der Waals surface area contributed by atoms with Gasteiger partial charge in [0.1, 0.15) is 11.6 Å². The zero-order valence-corrected chi connectivity index (χ0v) is 35.6. The Labute approximate surface area is 358 Å². The quantitative estimate of drug-likeness (QED) is 0.0614. The Balaban J connectivity index is 0.000000163. The number of anilines is 1. The highest BCUT2D eigenvalue weighted by Crippen LogP contribution is 2.29. The van der Waals surface area contributed by atoms with E-state index >= 15 is 0 Å². The number of Topliss-reactive ketones (excluding diaryl/α,β-unsaturated/α-hetero) is 4. The number of carbonyl (C=O) groups excluding carboxylic acids is 8. The van der Waals surface area contributed by atoms with E-state index in [9.17, 15) is 38.4 Å². The average molecular weight is 844 g/mol. The van der Waals surface area contributed by atoms with Crippen molar-refractivity contribution in [1.29, 1.82) is 0 Å². The molecular weight excluding hydrogens is 795 g/mol. The summed E-state index contributed by atoms with van der Waals surface area (Å²) in [5.41, 5.74) is 12.1. The van der Waals surface area contributed by atoms with Crippen LogP contribution in [0.1, 0.15) is 126 Å². The van der Waals surface area contributed by atoms with Gasteiger partial charge in [0.15, 0.2) is 17.9 Å². The Kier molecular flexibility index (Phi) is 15.3. The summed E-state index contributed by atoms with van der Waals surface area (Å²) < 4.78 is 13.9. The average Bonchev–Trinajstić information content (AvgIpc) is 3.24. The van der Waals surface area contributed by atoms with Gasteiger partial charge in [-0.25, -0.2) is 14.4 Å². The van der Waals surface area contributed by atoms with Crippen LogP contribution in [-0.4, -0.2) is 78.6 Å². The molecule has 2 aromatic heterocycles. The van der Waals surface area contributed by atoms with E-state index in [4.69, 9.17) is 15.2 Å². The van der Waals surface area contributed by atoms with Gasteiger partial charge in [-0.15, -0.1) is 0 Å². The van der Waals surface area contributed by atoms with Gasteiger partial charge < -0.3 is 19.9 Å². The van der Waals surface area contributed by atoms with Crippen molar-refractivity contribution in [3.63, 3.8) is 0 Å². The molecule has 14 nitrogen and oxygen atoms in total. The molecule has 2 N–H and O–H groups in total. The monoisotopic (exact) mass is 843 g/mol. The summed E-state index contributed by atoms with van der Waals surface area (Å²) in [5, 5.41) is 1.60. The van der Waals surface area contributed by atoms with Gasteiger partial charge in [-0.05, 0) is 97.3 Å². The number of hydrogen-bond acceptors (Lipinski definition) is 14. The van der Waals surface area contributed by atoms with E-state index in [0.29, 0.717) is 88.8 Å². The Morgan fingerprint density at radius 1 is 0.565 bits per heavy atom. The topological polar surface area (TPSA) is 216 Å². The lowest BCUT2D eigenvalue weighted by atomic mass is 9.86. The first-order chi connectivity index (χ1) is 29.5. The predicted octanol–water partition coefficient (Wildman–Crippen LogP) is 7.39. The number of esters is 3. The maximum Gasteiger partial charge on any atom is 0.337 e. The number of nitrogens with zero attached hydrogens (tertiary/aromatic N) is 2. The molecule has 0 bridgehead atoms. The molecule has 2 atom stereocenters. The molecule has 2 heterocycles. The highest BCUT2D eigenvalue weighted by atomic mass is 16.5. The third kappa shape index (κ3) is 11.4. The Bertz CT molecular complexity index is 2460. The van der Waals surface area contributed by atoms with E-state index < -0.39 is 5.97 Å². The first kappa shape index (κ1) is 46.1. The molecule has 0 radical (unpaired) electrons. The molecule has 1 fully saturated rings. The summed E-state index contributed by atoms with van der Waals surface area (Å²) in [6, 6.07) is 18.5. The van der Waals surface area contributed by atoms with Crippen LogP contribution in [0.25, 0.3) is 21.8 Å². The van der Waals surface area contributed by atoms with Gasteiger partial charge in [0.05, 0.1) is 66.9 Å². The third-order valence-corrected chi connectivity index (χ3v) is 10.6. The highest BCUT2D eigenvalue weighted by Gasteiger charge is 2.26. The lowest BCUT2D eigenvalue weighted by molar-refractivity contribution is -0.131. The molecule has 3 aliphatic rings. The lowest BCUT2D eigenvalue weighted by Crippen LogP contribution is -2.20. The minimum Gasteiger partial charge on any atom is -0.465 e. The first-order valence-electron chi connectivity index (χ1n) is 20.1. The number of hydrogen-bond donors (Lipinski definition) is 1. The summed E-state index contributed by atoms with van der Waals surface area (Å²) >= 11 is 0. The van der Waals surface area contributed by atoms with Crippen molar-refractivity contribution in [3.05, 3.63) is 111 Å². The highest BCUT2D eigenvalue weighted by molar-refractivity contribution is 6.04. The number of ether oxygens (including phenoxy) is 3. The zero-order chi connectivity index (χ0) is 45.2. The van der Waals surface area contributed by atoms with Gasteiger partial charge in [0.25, 0.3) is 0 Å². The molecule has 322 valence electrons. The van der Waals surface area contributed by atoms with Crippen LogP contribution in [0.15, 0.2) is 66.7 Å². The second kappa shape index (κ2) is 20.5. The largest absolute Gasteiger partial charge is 0.465 e. The van der Waals surface area contributed by atoms with Gasteiger partial charge >= 0.3 is 17.9 Å². The summed E-state index contributed by atoms with van der Waals surface area (Å²) in [7, 11) is 3.98. The summed E-state index contributed by atoms with van der Waals surface area (Å²) in [4.78, 5) is 99.2. The van der Waals surface area contributed by atoms with Crippen molar-refractivity contribution >= 4 is 74.8 Å². The number of methoxy groups -OCH3 is 3. The molecular formula is C48H49N3O11. The third-order valence-electron chi connectivity index (χ3n) is 10.6. The number of aldehydes is 1. The number of aromatic nitrogens is 2. The molecule has 14 heteroatoms. The number of ketones is 4. The van der Waals surface area contributed by atoms with E-state index in [1.807, 2.05) is 19.1 Å². The number of carbonyl (C=O) groups is 8. The Morgan fingerprint density at radius 3 is 1.34 bits per heavy atom. The van der Waals surface area contributed by atoms with E-state index in [0.717, 1.165) is 46.0 Å². The minimum absolute atomic E-state index is 0.110. The van der Waals surface area contributed by atoms with Crippen LogP contribution in [-0.2, 0) is 36.6 Å². The van der Waals surface area contributed by atoms with E-state index in [-0.39, 0.29) is 41.5 Å². The van der Waals surface area contributed by atoms with Gasteiger partial charge in [0, 0.05) is 58.8 Å². The number of rotatable bonds is 4. The second-order valence-electron chi connectivity index (χ2n) is 15.9. The maximum absolute atomic E-state index is 12.1. The maximum atomic E-state index is 12.1. The second-order valence-corrected chi connectivity index (χ2v) is 15.9. The Morgan fingerprint density at radius 2 is 0.952 bits per heavy atom. The lowest BCUT2D eigenvalue weighted by Gasteiger charge is -2.20. The Hall–Kier alpha value is -6.96. The molecule has 0 amide bonds. The van der Waals surface area contributed by atoms with Crippen molar-refractivity contribution < 1.29 is 52.6 Å². The molecule has 3 aliphatic carbocycles. The van der Waals surface area contributed by atoms with Gasteiger partial charge in [-0.2, -0.15) is 0 Å². The number of pyridine rings is 2. The van der Waals surface area contributed by atoms with Crippen LogP contribution in [0, 0.1) is 17.8 Å². The van der Waals surface area contributed by atoms with Crippen LogP contribution in [0.4, 0.5) is 5.69 Å². The molecule has 62 heavy (non-hydrogen) atoms. The van der Waals surface area contributed by atoms with Crippen LogP contribution < -0.4 is 5.73 Å². The summed E-state index contributed by atoms with van der Waals surface area (Å²) in [6.07, 6.45) is 4.78. The van der Waals surface area contributed by atoms with Crippen LogP contribution >= 0.6 is 0 Å². The van der Waals surface area contributed by atoms with Crippen molar-refractivity contribution in [3.8, 4) is 0 Å².